The zero-order chi connectivity index (χ0) is 17.4. The van der Waals surface area contributed by atoms with Gasteiger partial charge in [-0.1, -0.05) is 18.2 Å². The number of pyridine rings is 1. The van der Waals surface area contributed by atoms with Crippen LogP contribution in [-0.4, -0.2) is 20.4 Å². The average Bonchev–Trinajstić information content (AvgIpc) is 3.20. The Morgan fingerprint density at radius 3 is 2.68 bits per heavy atom. The molecule has 3 aromatic heterocycles. The molecule has 0 saturated carbocycles. The van der Waals surface area contributed by atoms with Gasteiger partial charge in [-0.25, -0.2) is 9.97 Å². The minimum absolute atomic E-state index is 0.159. The van der Waals surface area contributed by atoms with Gasteiger partial charge >= 0.3 is 0 Å². The standard InChI is InChI=1S/C19H16N4OS/c1-12-6-5-9-17(20-12)22-19(24)16-11-10-15(25-16)18-21-13-7-3-4-8-14(13)23(18)2/h3-11H,1-2H3,(H,20,22,24). The summed E-state index contributed by atoms with van der Waals surface area (Å²) in [6.45, 7) is 1.89. The van der Waals surface area contributed by atoms with Gasteiger partial charge in [0.05, 0.1) is 20.8 Å². The van der Waals surface area contributed by atoms with Crippen molar-refractivity contribution in [3.05, 3.63) is 65.2 Å². The number of nitrogens with one attached hydrogen (secondary N) is 1. The maximum Gasteiger partial charge on any atom is 0.266 e. The third-order valence-electron chi connectivity index (χ3n) is 3.97. The van der Waals surface area contributed by atoms with Gasteiger partial charge in [-0.2, -0.15) is 0 Å². The normalized spacial score (nSPS) is 11.0. The Labute approximate surface area is 149 Å². The molecule has 1 aromatic carbocycles. The van der Waals surface area contributed by atoms with E-state index in [9.17, 15) is 4.79 Å². The number of carbonyl (C=O) groups is 1. The molecule has 1 N–H and O–H groups in total. The van der Waals surface area contributed by atoms with Crippen LogP contribution in [0, 0.1) is 6.92 Å². The molecule has 0 aliphatic carbocycles. The molecule has 3 heterocycles. The van der Waals surface area contributed by atoms with Gasteiger partial charge in [0, 0.05) is 12.7 Å². The van der Waals surface area contributed by atoms with Crippen LogP contribution in [-0.2, 0) is 7.05 Å². The number of aromatic nitrogens is 3. The number of benzene rings is 1. The number of fused-ring (bicyclic) bond motifs is 1. The highest BCUT2D eigenvalue weighted by Crippen LogP contribution is 2.30. The van der Waals surface area contributed by atoms with Crippen LogP contribution in [0.1, 0.15) is 15.4 Å². The molecular formula is C19H16N4OS. The molecule has 124 valence electrons. The number of carbonyl (C=O) groups excluding carboxylic acids is 1. The lowest BCUT2D eigenvalue weighted by atomic mass is 10.3. The number of nitrogens with zero attached hydrogens (tertiary/aromatic N) is 3. The van der Waals surface area contributed by atoms with E-state index in [0.29, 0.717) is 10.7 Å². The number of thiophene rings is 1. The molecule has 4 rings (SSSR count). The molecule has 0 atom stereocenters. The van der Waals surface area contributed by atoms with Gasteiger partial charge in [0.1, 0.15) is 5.82 Å². The Morgan fingerprint density at radius 1 is 1.04 bits per heavy atom. The fraction of sp³-hybridized carbons (Fsp3) is 0.105. The van der Waals surface area contributed by atoms with E-state index in [1.54, 1.807) is 6.07 Å². The Balaban J connectivity index is 1.63. The summed E-state index contributed by atoms with van der Waals surface area (Å²) in [6, 6.07) is 17.3. The summed E-state index contributed by atoms with van der Waals surface area (Å²) >= 11 is 1.42. The predicted molar refractivity (Wildman–Crippen MR) is 101 cm³/mol. The molecule has 1 amide bonds. The summed E-state index contributed by atoms with van der Waals surface area (Å²) in [5, 5.41) is 2.84. The van der Waals surface area contributed by atoms with E-state index < -0.39 is 0 Å². The van der Waals surface area contributed by atoms with Crippen molar-refractivity contribution < 1.29 is 4.79 Å². The monoisotopic (exact) mass is 348 g/mol. The van der Waals surface area contributed by atoms with Gasteiger partial charge in [0.15, 0.2) is 5.82 Å². The molecule has 0 fully saturated rings. The van der Waals surface area contributed by atoms with Crippen molar-refractivity contribution in [2.75, 3.05) is 5.32 Å². The number of hydrogen-bond acceptors (Lipinski definition) is 4. The maximum absolute atomic E-state index is 12.5. The molecule has 5 nitrogen and oxygen atoms in total. The summed E-state index contributed by atoms with van der Waals surface area (Å²) in [4.78, 5) is 23.0. The van der Waals surface area contributed by atoms with Crippen LogP contribution in [0.4, 0.5) is 5.82 Å². The van der Waals surface area contributed by atoms with Gasteiger partial charge in [0.2, 0.25) is 0 Å². The first-order valence-electron chi connectivity index (χ1n) is 7.88. The number of aryl methyl sites for hydroxylation is 2. The lowest BCUT2D eigenvalue weighted by Crippen LogP contribution is -2.11. The molecule has 0 radical (unpaired) electrons. The van der Waals surface area contributed by atoms with Gasteiger partial charge in [-0.3, -0.25) is 4.79 Å². The van der Waals surface area contributed by atoms with Gasteiger partial charge in [-0.05, 0) is 43.3 Å². The van der Waals surface area contributed by atoms with E-state index in [1.165, 1.54) is 11.3 Å². The SMILES string of the molecule is Cc1cccc(NC(=O)c2ccc(-c3nc4ccccc4n3C)s2)n1. The molecule has 0 spiro atoms. The van der Waals surface area contributed by atoms with Crippen molar-refractivity contribution >= 4 is 34.1 Å². The maximum atomic E-state index is 12.5. The van der Waals surface area contributed by atoms with Crippen molar-refractivity contribution in [2.24, 2.45) is 7.05 Å². The Kier molecular flexibility index (Phi) is 3.82. The van der Waals surface area contributed by atoms with Crippen molar-refractivity contribution in [3.63, 3.8) is 0 Å². The first-order chi connectivity index (χ1) is 12.1. The average molecular weight is 348 g/mol. The van der Waals surface area contributed by atoms with E-state index >= 15 is 0 Å². The van der Waals surface area contributed by atoms with Crippen LogP contribution in [0.15, 0.2) is 54.6 Å². The lowest BCUT2D eigenvalue weighted by molar-refractivity contribution is 0.103. The van der Waals surface area contributed by atoms with Gasteiger partial charge in [0.25, 0.3) is 5.91 Å². The first-order valence-corrected chi connectivity index (χ1v) is 8.70. The van der Waals surface area contributed by atoms with Crippen molar-refractivity contribution in [3.8, 4) is 10.7 Å². The molecular weight excluding hydrogens is 332 g/mol. The summed E-state index contributed by atoms with van der Waals surface area (Å²) in [5.74, 6) is 1.26. The zero-order valence-corrected chi connectivity index (χ0v) is 14.7. The molecule has 0 aliphatic heterocycles. The number of hydrogen-bond donors (Lipinski definition) is 1. The lowest BCUT2D eigenvalue weighted by Gasteiger charge is -2.03. The second-order valence-electron chi connectivity index (χ2n) is 5.77. The quantitative estimate of drug-likeness (QED) is 0.602. The predicted octanol–water partition coefficient (Wildman–Crippen LogP) is 4.26. The highest BCUT2D eigenvalue weighted by Gasteiger charge is 2.15. The van der Waals surface area contributed by atoms with E-state index in [-0.39, 0.29) is 5.91 Å². The number of imidazole rings is 1. The van der Waals surface area contributed by atoms with Gasteiger partial charge < -0.3 is 9.88 Å². The Hall–Kier alpha value is -2.99. The molecule has 4 aromatic rings. The highest BCUT2D eigenvalue weighted by molar-refractivity contribution is 7.17. The highest BCUT2D eigenvalue weighted by atomic mass is 32.1. The fourth-order valence-electron chi connectivity index (χ4n) is 2.74. The van der Waals surface area contributed by atoms with E-state index in [2.05, 4.69) is 15.3 Å². The van der Waals surface area contributed by atoms with Crippen LogP contribution in [0.3, 0.4) is 0 Å². The van der Waals surface area contributed by atoms with E-state index in [4.69, 9.17) is 0 Å². The van der Waals surface area contributed by atoms with E-state index in [1.807, 2.05) is 67.1 Å². The minimum Gasteiger partial charge on any atom is -0.326 e. The summed E-state index contributed by atoms with van der Waals surface area (Å²) in [6.07, 6.45) is 0. The number of rotatable bonds is 3. The summed E-state index contributed by atoms with van der Waals surface area (Å²) in [7, 11) is 1.99. The van der Waals surface area contributed by atoms with Crippen molar-refractivity contribution in [1.82, 2.24) is 14.5 Å². The third kappa shape index (κ3) is 2.92. The van der Waals surface area contributed by atoms with E-state index in [0.717, 1.165) is 27.4 Å². The number of amides is 1. The molecule has 0 bridgehead atoms. The molecule has 0 unspecified atom stereocenters. The summed E-state index contributed by atoms with van der Waals surface area (Å²) < 4.78 is 2.05. The number of para-hydroxylation sites is 2. The molecule has 0 saturated heterocycles. The second-order valence-corrected chi connectivity index (χ2v) is 6.85. The largest absolute Gasteiger partial charge is 0.326 e. The van der Waals surface area contributed by atoms with Crippen molar-refractivity contribution in [2.45, 2.75) is 6.92 Å². The molecule has 6 heteroatoms. The van der Waals surface area contributed by atoms with Crippen LogP contribution in [0.25, 0.3) is 21.7 Å². The fourth-order valence-corrected chi connectivity index (χ4v) is 3.66. The second kappa shape index (κ2) is 6.14. The van der Waals surface area contributed by atoms with Gasteiger partial charge in [-0.15, -0.1) is 11.3 Å². The van der Waals surface area contributed by atoms with Crippen LogP contribution >= 0.6 is 11.3 Å². The van der Waals surface area contributed by atoms with Crippen molar-refractivity contribution in [1.29, 1.82) is 0 Å². The zero-order valence-electron chi connectivity index (χ0n) is 13.9. The number of anilines is 1. The first kappa shape index (κ1) is 15.5. The van der Waals surface area contributed by atoms with Crippen LogP contribution < -0.4 is 5.32 Å². The Morgan fingerprint density at radius 2 is 1.88 bits per heavy atom. The molecule has 25 heavy (non-hydrogen) atoms. The third-order valence-corrected chi connectivity index (χ3v) is 5.05. The smallest absolute Gasteiger partial charge is 0.266 e. The van der Waals surface area contributed by atoms with Crippen LogP contribution in [0.5, 0.6) is 0 Å². The topological polar surface area (TPSA) is 59.8 Å². The van der Waals surface area contributed by atoms with Crippen LogP contribution in [0.2, 0.25) is 0 Å². The minimum atomic E-state index is -0.159. The molecule has 0 aliphatic rings. The summed E-state index contributed by atoms with van der Waals surface area (Å²) in [5.41, 5.74) is 2.88. The Bertz CT molecular complexity index is 1080.